The quantitative estimate of drug-likeness (QED) is 0.659. The minimum absolute atomic E-state index is 0.725. The number of ether oxygens (including phenoxy) is 1. The molecule has 68 valence electrons. The molecule has 2 atom stereocenters. The summed E-state index contributed by atoms with van der Waals surface area (Å²) in [7, 11) is 0. The Kier molecular flexibility index (Phi) is 2.54. The predicted octanol–water partition coefficient (Wildman–Crippen LogP) is 1.34. The summed E-state index contributed by atoms with van der Waals surface area (Å²) < 4.78 is 38.8. The topological polar surface area (TPSA) is 35.2 Å². The second-order valence-electron chi connectivity index (χ2n) is 2.38. The van der Waals surface area contributed by atoms with Gasteiger partial charge in [-0.1, -0.05) is 24.3 Å². The molecule has 1 aliphatic carbocycles. The Balaban J connectivity index is 2.53. The van der Waals surface area contributed by atoms with E-state index in [0.717, 1.165) is 0 Å². The average molecular weight is 179 g/mol. The molecular weight excluding hydrogens is 171 g/mol. The summed E-state index contributed by atoms with van der Waals surface area (Å²) in [5, 5.41) is 0. The third kappa shape index (κ3) is 2.67. The van der Waals surface area contributed by atoms with E-state index in [4.69, 9.17) is 5.73 Å². The van der Waals surface area contributed by atoms with E-state index in [1.54, 1.807) is 6.08 Å². The van der Waals surface area contributed by atoms with Crippen molar-refractivity contribution in [1.29, 1.82) is 0 Å². The van der Waals surface area contributed by atoms with E-state index in [1.165, 1.54) is 18.2 Å². The zero-order valence-electron chi connectivity index (χ0n) is 6.08. The van der Waals surface area contributed by atoms with E-state index >= 15 is 0 Å². The van der Waals surface area contributed by atoms with Gasteiger partial charge in [-0.3, -0.25) is 4.74 Å². The molecule has 0 saturated carbocycles. The maximum absolute atomic E-state index is 11.7. The lowest BCUT2D eigenvalue weighted by Gasteiger charge is -2.21. The Labute approximate surface area is 67.5 Å². The summed E-state index contributed by atoms with van der Waals surface area (Å²) in [5.74, 6) is 0. The Bertz CT molecular complexity index is 209. The summed E-state index contributed by atoms with van der Waals surface area (Å²) in [6.45, 7) is 0. The molecular formula is C7H8F3NO. The molecule has 5 heteroatoms. The van der Waals surface area contributed by atoms with Crippen molar-refractivity contribution in [2.75, 3.05) is 0 Å². The second-order valence-corrected chi connectivity index (χ2v) is 2.38. The van der Waals surface area contributed by atoms with E-state index < -0.39 is 18.5 Å². The summed E-state index contributed by atoms with van der Waals surface area (Å²) >= 11 is 0. The summed E-state index contributed by atoms with van der Waals surface area (Å²) in [5.41, 5.74) is 5.32. The van der Waals surface area contributed by atoms with Crippen molar-refractivity contribution >= 4 is 0 Å². The minimum atomic E-state index is -4.63. The van der Waals surface area contributed by atoms with Crippen LogP contribution in [0.3, 0.4) is 0 Å². The molecule has 1 rings (SSSR count). The molecule has 0 amide bonds. The molecule has 0 aromatic rings. The largest absolute Gasteiger partial charge is 0.523 e. The smallest absolute Gasteiger partial charge is 0.322 e. The zero-order valence-corrected chi connectivity index (χ0v) is 6.08. The van der Waals surface area contributed by atoms with Crippen LogP contribution in [0.4, 0.5) is 13.2 Å². The number of allylic oxidation sites excluding steroid dienone is 2. The van der Waals surface area contributed by atoms with Crippen molar-refractivity contribution in [2.24, 2.45) is 5.73 Å². The Morgan fingerprint density at radius 2 is 1.75 bits per heavy atom. The fourth-order valence-corrected chi connectivity index (χ4v) is 0.876. The molecule has 0 radical (unpaired) electrons. The highest BCUT2D eigenvalue weighted by Gasteiger charge is 2.34. The fraction of sp³-hybridized carbons (Fsp3) is 0.429. The lowest BCUT2D eigenvalue weighted by atomic mass is 10.1. The van der Waals surface area contributed by atoms with Crippen LogP contribution in [0.1, 0.15) is 0 Å². The summed E-state index contributed by atoms with van der Waals surface area (Å²) in [4.78, 5) is 0. The van der Waals surface area contributed by atoms with E-state index in [1.807, 2.05) is 0 Å². The normalized spacial score (nSPS) is 29.3. The van der Waals surface area contributed by atoms with Crippen molar-refractivity contribution in [3.8, 4) is 0 Å². The third-order valence-corrected chi connectivity index (χ3v) is 1.39. The van der Waals surface area contributed by atoms with Gasteiger partial charge in [0.1, 0.15) is 6.10 Å². The van der Waals surface area contributed by atoms with Gasteiger partial charge in [0.25, 0.3) is 0 Å². The number of nitrogens with two attached hydrogens (primary N) is 1. The highest BCUT2D eigenvalue weighted by molar-refractivity contribution is 5.17. The first kappa shape index (κ1) is 9.28. The van der Waals surface area contributed by atoms with Crippen LogP contribution in [-0.2, 0) is 4.74 Å². The van der Waals surface area contributed by atoms with Crippen LogP contribution >= 0.6 is 0 Å². The van der Waals surface area contributed by atoms with Crippen LogP contribution in [0, 0.1) is 0 Å². The monoisotopic (exact) mass is 179 g/mol. The highest BCUT2D eigenvalue weighted by atomic mass is 19.4. The van der Waals surface area contributed by atoms with Crippen molar-refractivity contribution in [3.05, 3.63) is 24.3 Å². The number of alkyl halides is 3. The molecule has 0 aromatic carbocycles. The molecule has 0 bridgehead atoms. The van der Waals surface area contributed by atoms with Crippen molar-refractivity contribution in [3.63, 3.8) is 0 Å². The Morgan fingerprint density at radius 3 is 2.25 bits per heavy atom. The first-order valence-corrected chi connectivity index (χ1v) is 3.34. The molecule has 0 fully saturated rings. The SMILES string of the molecule is NC1C=CC=CC1OC(F)(F)F. The predicted molar refractivity (Wildman–Crippen MR) is 37.2 cm³/mol. The molecule has 12 heavy (non-hydrogen) atoms. The lowest BCUT2D eigenvalue weighted by molar-refractivity contribution is -0.337. The van der Waals surface area contributed by atoms with Crippen molar-refractivity contribution in [2.45, 2.75) is 18.5 Å². The van der Waals surface area contributed by atoms with E-state index in [2.05, 4.69) is 4.74 Å². The van der Waals surface area contributed by atoms with E-state index in [-0.39, 0.29) is 0 Å². The molecule has 0 saturated heterocycles. The van der Waals surface area contributed by atoms with Crippen LogP contribution < -0.4 is 5.73 Å². The second kappa shape index (κ2) is 3.28. The number of halogens is 3. The maximum atomic E-state index is 11.7. The van der Waals surface area contributed by atoms with Gasteiger partial charge < -0.3 is 5.73 Å². The molecule has 0 aromatic heterocycles. The number of rotatable bonds is 1. The number of hydrogen-bond donors (Lipinski definition) is 1. The fourth-order valence-electron chi connectivity index (χ4n) is 0.876. The lowest BCUT2D eigenvalue weighted by Crippen LogP contribution is -2.38. The average Bonchev–Trinajstić information content (AvgIpc) is 1.91. The Morgan fingerprint density at radius 1 is 1.17 bits per heavy atom. The van der Waals surface area contributed by atoms with Crippen molar-refractivity contribution < 1.29 is 17.9 Å². The van der Waals surface area contributed by atoms with Crippen LogP contribution in [0.15, 0.2) is 24.3 Å². The van der Waals surface area contributed by atoms with Gasteiger partial charge in [0.15, 0.2) is 0 Å². The van der Waals surface area contributed by atoms with Gasteiger partial charge in [-0.15, -0.1) is 13.2 Å². The molecule has 1 aliphatic rings. The zero-order chi connectivity index (χ0) is 9.19. The van der Waals surface area contributed by atoms with Crippen LogP contribution in [0.5, 0.6) is 0 Å². The molecule has 0 spiro atoms. The van der Waals surface area contributed by atoms with Gasteiger partial charge in [0.2, 0.25) is 0 Å². The van der Waals surface area contributed by atoms with Crippen LogP contribution in [-0.4, -0.2) is 18.5 Å². The molecule has 0 aliphatic heterocycles. The van der Waals surface area contributed by atoms with Gasteiger partial charge in [0.05, 0.1) is 6.04 Å². The summed E-state index contributed by atoms with van der Waals surface area (Å²) in [6.07, 6.45) is 0.0579. The number of hydrogen-bond acceptors (Lipinski definition) is 2. The van der Waals surface area contributed by atoms with Gasteiger partial charge in [0, 0.05) is 0 Å². The van der Waals surface area contributed by atoms with Gasteiger partial charge in [-0.2, -0.15) is 0 Å². The molecule has 2 N–H and O–H groups in total. The van der Waals surface area contributed by atoms with E-state index in [0.29, 0.717) is 0 Å². The van der Waals surface area contributed by atoms with Crippen molar-refractivity contribution in [1.82, 2.24) is 0 Å². The van der Waals surface area contributed by atoms with E-state index in [9.17, 15) is 13.2 Å². The minimum Gasteiger partial charge on any atom is -0.322 e. The van der Waals surface area contributed by atoms with Gasteiger partial charge in [-0.25, -0.2) is 0 Å². The van der Waals surface area contributed by atoms with Crippen LogP contribution in [0.2, 0.25) is 0 Å². The highest BCUT2D eigenvalue weighted by Crippen LogP contribution is 2.21. The Hall–Kier alpha value is -0.810. The van der Waals surface area contributed by atoms with Crippen LogP contribution in [0.25, 0.3) is 0 Å². The molecule has 2 unspecified atom stereocenters. The van der Waals surface area contributed by atoms with Gasteiger partial charge >= 0.3 is 6.36 Å². The molecule has 0 heterocycles. The maximum Gasteiger partial charge on any atom is 0.523 e. The summed E-state index contributed by atoms with van der Waals surface area (Å²) in [6, 6.07) is -0.725. The molecule has 2 nitrogen and oxygen atoms in total. The first-order valence-electron chi connectivity index (χ1n) is 3.34. The standard InChI is InChI=1S/C7H8F3NO/c8-7(9,10)12-6-4-2-1-3-5(6)11/h1-6H,11H2. The van der Waals surface area contributed by atoms with Gasteiger partial charge in [-0.05, 0) is 0 Å². The first-order chi connectivity index (χ1) is 5.49. The third-order valence-electron chi connectivity index (χ3n) is 1.39.